The molecule has 5 heteroatoms. The molecule has 1 atom stereocenters. The van der Waals surface area contributed by atoms with Crippen LogP contribution in [0.25, 0.3) is 0 Å². The minimum Gasteiger partial charge on any atom is -0.480 e. The predicted octanol–water partition coefficient (Wildman–Crippen LogP) is 1.49. The van der Waals surface area contributed by atoms with Crippen molar-refractivity contribution in [3.63, 3.8) is 0 Å². The summed E-state index contributed by atoms with van der Waals surface area (Å²) in [4.78, 5) is 11.4. The van der Waals surface area contributed by atoms with E-state index < -0.39 is 11.5 Å². The van der Waals surface area contributed by atoms with E-state index in [1.807, 2.05) is 24.6 Å². The van der Waals surface area contributed by atoms with Crippen molar-refractivity contribution in [2.45, 2.75) is 58.2 Å². The molecule has 5 nitrogen and oxygen atoms in total. The number of carbonyl (C=O) groups is 1. The van der Waals surface area contributed by atoms with Gasteiger partial charge in [-0.05, 0) is 46.1 Å². The molecule has 1 heterocycles. The van der Waals surface area contributed by atoms with Gasteiger partial charge in [-0.15, -0.1) is 0 Å². The molecule has 1 saturated carbocycles. The Morgan fingerprint density at radius 2 is 2.28 bits per heavy atom. The van der Waals surface area contributed by atoms with Crippen LogP contribution in [0.2, 0.25) is 0 Å². The molecular weight excluding hydrogens is 230 g/mol. The van der Waals surface area contributed by atoms with Crippen LogP contribution in [0.5, 0.6) is 0 Å². The number of hydrogen-bond donors (Lipinski definition) is 2. The molecule has 1 aromatic rings. The lowest BCUT2D eigenvalue weighted by molar-refractivity contribution is -0.144. The van der Waals surface area contributed by atoms with E-state index in [1.165, 1.54) is 0 Å². The zero-order valence-corrected chi connectivity index (χ0v) is 11.2. The predicted molar refractivity (Wildman–Crippen MR) is 68.5 cm³/mol. The summed E-state index contributed by atoms with van der Waals surface area (Å²) in [6, 6.07) is 2.39. The molecule has 0 aliphatic heterocycles. The number of aromatic nitrogens is 2. The molecule has 0 aromatic carbocycles. The number of carboxylic acid groups (broad SMARTS) is 1. The minimum absolute atomic E-state index is 0.381. The van der Waals surface area contributed by atoms with Crippen molar-refractivity contribution >= 4 is 5.97 Å². The largest absolute Gasteiger partial charge is 0.480 e. The molecule has 100 valence electrons. The number of aliphatic carboxylic acids is 1. The Morgan fingerprint density at radius 1 is 1.61 bits per heavy atom. The van der Waals surface area contributed by atoms with Crippen molar-refractivity contribution in [3.05, 3.63) is 17.5 Å². The maximum atomic E-state index is 11.4. The molecule has 1 unspecified atom stereocenters. The summed E-state index contributed by atoms with van der Waals surface area (Å²) >= 11 is 0. The van der Waals surface area contributed by atoms with Crippen LogP contribution in [0, 0.1) is 13.8 Å². The van der Waals surface area contributed by atoms with Gasteiger partial charge in [-0.1, -0.05) is 0 Å². The van der Waals surface area contributed by atoms with Gasteiger partial charge in [-0.2, -0.15) is 5.10 Å². The number of aryl methyl sites for hydroxylation is 3. The Balaban J connectivity index is 2.00. The van der Waals surface area contributed by atoms with E-state index in [0.29, 0.717) is 19.0 Å². The van der Waals surface area contributed by atoms with Gasteiger partial charge in [-0.25, -0.2) is 0 Å². The van der Waals surface area contributed by atoms with Crippen LogP contribution in [0.1, 0.15) is 37.6 Å². The van der Waals surface area contributed by atoms with E-state index in [1.54, 1.807) is 6.92 Å². The van der Waals surface area contributed by atoms with E-state index in [9.17, 15) is 9.90 Å². The van der Waals surface area contributed by atoms with Crippen LogP contribution in [-0.2, 0) is 11.3 Å². The van der Waals surface area contributed by atoms with Gasteiger partial charge in [0, 0.05) is 18.3 Å². The summed E-state index contributed by atoms with van der Waals surface area (Å²) in [5, 5.41) is 17.0. The topological polar surface area (TPSA) is 67.2 Å². The Morgan fingerprint density at radius 3 is 2.72 bits per heavy atom. The second-order valence-electron chi connectivity index (χ2n) is 5.46. The summed E-state index contributed by atoms with van der Waals surface area (Å²) in [6.07, 6.45) is 2.71. The molecule has 2 rings (SSSR count). The lowest BCUT2D eigenvalue weighted by Crippen LogP contribution is -2.51. The average Bonchev–Trinajstić information content (AvgIpc) is 3.01. The molecular formula is C13H21N3O2. The number of rotatable bonds is 6. The average molecular weight is 251 g/mol. The van der Waals surface area contributed by atoms with Crippen LogP contribution < -0.4 is 5.32 Å². The minimum atomic E-state index is -0.854. The maximum Gasteiger partial charge on any atom is 0.323 e. The van der Waals surface area contributed by atoms with Gasteiger partial charge in [0.25, 0.3) is 0 Å². The SMILES string of the molecule is Cc1cc(C)n(CCC(C)(NC2CC2)C(=O)O)n1. The van der Waals surface area contributed by atoms with Crippen LogP contribution >= 0.6 is 0 Å². The van der Waals surface area contributed by atoms with Crippen LogP contribution in [0.4, 0.5) is 0 Å². The van der Waals surface area contributed by atoms with Crippen LogP contribution in [0.3, 0.4) is 0 Å². The first-order chi connectivity index (χ1) is 8.40. The molecule has 0 amide bonds. The van der Waals surface area contributed by atoms with Gasteiger partial charge >= 0.3 is 5.97 Å². The lowest BCUT2D eigenvalue weighted by atomic mass is 9.98. The van der Waals surface area contributed by atoms with Crippen molar-refractivity contribution in [3.8, 4) is 0 Å². The van der Waals surface area contributed by atoms with E-state index in [2.05, 4.69) is 10.4 Å². The molecule has 0 bridgehead atoms. The number of hydrogen-bond acceptors (Lipinski definition) is 3. The number of carboxylic acids is 1. The summed E-state index contributed by atoms with van der Waals surface area (Å²) in [7, 11) is 0. The van der Waals surface area contributed by atoms with E-state index in [-0.39, 0.29) is 0 Å². The van der Waals surface area contributed by atoms with E-state index >= 15 is 0 Å². The molecule has 18 heavy (non-hydrogen) atoms. The molecule has 1 aliphatic rings. The first-order valence-corrected chi connectivity index (χ1v) is 6.43. The summed E-state index contributed by atoms with van der Waals surface area (Å²) in [5.74, 6) is -0.782. The quantitative estimate of drug-likeness (QED) is 0.803. The van der Waals surface area contributed by atoms with Crippen LogP contribution in [0.15, 0.2) is 6.07 Å². The monoisotopic (exact) mass is 251 g/mol. The lowest BCUT2D eigenvalue weighted by Gasteiger charge is -2.26. The van der Waals surface area contributed by atoms with Crippen molar-refractivity contribution in [1.29, 1.82) is 0 Å². The van der Waals surface area contributed by atoms with Gasteiger partial charge in [0.05, 0.1) is 5.69 Å². The molecule has 1 aliphatic carbocycles. The third kappa shape index (κ3) is 2.90. The zero-order valence-electron chi connectivity index (χ0n) is 11.2. The number of nitrogens with zero attached hydrogens (tertiary/aromatic N) is 2. The third-order valence-electron chi connectivity index (χ3n) is 3.50. The third-order valence-corrected chi connectivity index (χ3v) is 3.50. The normalized spacial score (nSPS) is 18.6. The fourth-order valence-electron chi connectivity index (χ4n) is 2.15. The smallest absolute Gasteiger partial charge is 0.323 e. The van der Waals surface area contributed by atoms with Crippen molar-refractivity contribution < 1.29 is 9.90 Å². The zero-order chi connectivity index (χ0) is 13.3. The first kappa shape index (κ1) is 13.1. The van der Waals surface area contributed by atoms with Gasteiger partial charge in [0.1, 0.15) is 5.54 Å². The Kier molecular flexibility index (Phi) is 3.43. The number of nitrogens with one attached hydrogen (secondary N) is 1. The maximum absolute atomic E-state index is 11.4. The highest BCUT2D eigenvalue weighted by Crippen LogP contribution is 2.24. The van der Waals surface area contributed by atoms with Gasteiger partial charge in [0.2, 0.25) is 0 Å². The highest BCUT2D eigenvalue weighted by Gasteiger charge is 2.38. The molecule has 0 saturated heterocycles. The fourth-order valence-corrected chi connectivity index (χ4v) is 2.15. The summed E-state index contributed by atoms with van der Waals surface area (Å²) in [5.41, 5.74) is 1.19. The Bertz CT molecular complexity index is 451. The molecule has 1 aromatic heterocycles. The fraction of sp³-hybridized carbons (Fsp3) is 0.692. The Labute approximate surface area is 107 Å². The molecule has 2 N–H and O–H groups in total. The van der Waals surface area contributed by atoms with Crippen molar-refractivity contribution in [1.82, 2.24) is 15.1 Å². The van der Waals surface area contributed by atoms with Gasteiger partial charge < -0.3 is 5.11 Å². The standard InChI is InChI=1S/C13H21N3O2/c1-9-8-10(2)16(15-9)7-6-13(3,12(17)18)14-11-4-5-11/h8,11,14H,4-7H2,1-3H3,(H,17,18). The van der Waals surface area contributed by atoms with Gasteiger partial charge in [-0.3, -0.25) is 14.8 Å². The second kappa shape index (κ2) is 4.72. The first-order valence-electron chi connectivity index (χ1n) is 6.43. The highest BCUT2D eigenvalue weighted by molar-refractivity contribution is 5.78. The molecule has 0 radical (unpaired) electrons. The second-order valence-corrected chi connectivity index (χ2v) is 5.46. The molecule has 0 spiro atoms. The van der Waals surface area contributed by atoms with E-state index in [4.69, 9.17) is 0 Å². The summed E-state index contributed by atoms with van der Waals surface area (Å²) in [6.45, 7) is 6.33. The Hall–Kier alpha value is -1.36. The van der Waals surface area contributed by atoms with Crippen molar-refractivity contribution in [2.24, 2.45) is 0 Å². The highest BCUT2D eigenvalue weighted by atomic mass is 16.4. The molecule has 1 fully saturated rings. The van der Waals surface area contributed by atoms with E-state index in [0.717, 1.165) is 24.2 Å². The summed E-state index contributed by atoms with van der Waals surface area (Å²) < 4.78 is 1.88. The van der Waals surface area contributed by atoms with Crippen molar-refractivity contribution in [2.75, 3.05) is 0 Å². The van der Waals surface area contributed by atoms with Gasteiger partial charge in [0.15, 0.2) is 0 Å². The van der Waals surface area contributed by atoms with Crippen LogP contribution in [-0.4, -0.2) is 32.4 Å².